The first-order chi connectivity index (χ1) is 14.8. The van der Waals surface area contributed by atoms with Crippen molar-refractivity contribution in [2.24, 2.45) is 0 Å². The molecule has 2 aromatic rings. The van der Waals surface area contributed by atoms with E-state index in [0.29, 0.717) is 6.54 Å². The Morgan fingerprint density at radius 2 is 1.65 bits per heavy atom. The summed E-state index contributed by atoms with van der Waals surface area (Å²) < 4.78 is 13.8. The van der Waals surface area contributed by atoms with Gasteiger partial charge in [-0.05, 0) is 24.3 Å². The van der Waals surface area contributed by atoms with Crippen molar-refractivity contribution < 1.29 is 23.8 Å². The molecule has 1 aliphatic rings. The summed E-state index contributed by atoms with van der Waals surface area (Å²) in [6, 6.07) is 14.1. The fourth-order valence-electron chi connectivity index (χ4n) is 3.87. The molecule has 1 saturated heterocycles. The van der Waals surface area contributed by atoms with Crippen LogP contribution in [0.25, 0.3) is 0 Å². The molecule has 7 nitrogen and oxygen atoms in total. The third-order valence-corrected chi connectivity index (χ3v) is 5.85. The lowest BCUT2D eigenvalue weighted by molar-refractivity contribution is -1.02. The van der Waals surface area contributed by atoms with Crippen LogP contribution in [0.3, 0.4) is 0 Å². The normalized spacial score (nSPS) is 19.4. The lowest BCUT2D eigenvalue weighted by Gasteiger charge is -2.33. The Morgan fingerprint density at radius 3 is 2.26 bits per heavy atom. The van der Waals surface area contributed by atoms with Crippen LogP contribution < -0.4 is 25.3 Å². The predicted octanol–water partition coefficient (Wildman–Crippen LogP) is -0.899. The van der Waals surface area contributed by atoms with Crippen LogP contribution in [0.1, 0.15) is 11.6 Å². The van der Waals surface area contributed by atoms with Gasteiger partial charge in [-0.1, -0.05) is 24.3 Å². The molecule has 0 aromatic heterocycles. The van der Waals surface area contributed by atoms with Crippen LogP contribution in [0.4, 0.5) is 15.8 Å². The van der Waals surface area contributed by atoms with Gasteiger partial charge in [0.25, 0.3) is 0 Å². The molecule has 0 radical (unpaired) electrons. The van der Waals surface area contributed by atoms with E-state index in [0.717, 1.165) is 37.4 Å². The topological polar surface area (TPSA) is 70.3 Å². The Labute approximate surface area is 182 Å². The maximum atomic E-state index is 13.8. The largest absolute Gasteiger partial charge is 0.378 e. The van der Waals surface area contributed by atoms with Crippen molar-refractivity contribution in [2.45, 2.75) is 6.04 Å². The number of piperazine rings is 1. The van der Waals surface area contributed by atoms with E-state index in [2.05, 4.69) is 41.9 Å². The summed E-state index contributed by atoms with van der Waals surface area (Å²) in [6.07, 6.45) is 0. The molecule has 0 saturated carbocycles. The molecule has 0 bridgehead atoms. The lowest BCUT2D eigenvalue weighted by Crippen LogP contribution is -3.27. The first-order valence-electron chi connectivity index (χ1n) is 10.6. The number of nitrogens with zero attached hydrogens (tertiary/aromatic N) is 1. The molecule has 31 heavy (non-hydrogen) atoms. The van der Waals surface area contributed by atoms with Gasteiger partial charge in [-0.3, -0.25) is 9.59 Å². The van der Waals surface area contributed by atoms with Gasteiger partial charge < -0.3 is 25.3 Å². The van der Waals surface area contributed by atoms with Crippen LogP contribution >= 0.6 is 0 Å². The number of quaternary nitrogens is 2. The molecule has 4 N–H and O–H groups in total. The van der Waals surface area contributed by atoms with Gasteiger partial charge in [0.15, 0.2) is 0 Å². The van der Waals surface area contributed by atoms with E-state index in [1.807, 2.05) is 19.0 Å². The molecule has 2 amide bonds. The summed E-state index contributed by atoms with van der Waals surface area (Å²) in [5, 5.41) is 5.09. The highest BCUT2D eigenvalue weighted by molar-refractivity contribution is 6.39. The second-order valence-electron chi connectivity index (χ2n) is 8.30. The Morgan fingerprint density at radius 1 is 1.00 bits per heavy atom. The number of anilines is 2. The van der Waals surface area contributed by atoms with E-state index in [9.17, 15) is 14.0 Å². The van der Waals surface area contributed by atoms with Crippen LogP contribution in [0.15, 0.2) is 48.5 Å². The zero-order valence-corrected chi connectivity index (χ0v) is 18.4. The summed E-state index contributed by atoms with van der Waals surface area (Å²) >= 11 is 0. The van der Waals surface area contributed by atoms with Gasteiger partial charge in [-0.2, -0.15) is 0 Å². The molecule has 0 aliphatic carbocycles. The standard InChI is InChI=1S/C23H30FN5O2/c1-27(2)18-10-8-17(9-11-18)21(29-14-12-28(3)13-15-29)16-25-22(30)23(31)26-20-7-5-4-6-19(20)24/h4-11,21H,12-16H2,1-3H3,(H,25,30)(H,26,31)/p+2/t21-/m0/s1. The second-order valence-corrected chi connectivity index (χ2v) is 8.30. The number of benzene rings is 2. The summed E-state index contributed by atoms with van der Waals surface area (Å²) in [5.41, 5.74) is 2.22. The highest BCUT2D eigenvalue weighted by Crippen LogP contribution is 2.16. The highest BCUT2D eigenvalue weighted by Gasteiger charge is 2.30. The number of hydrogen-bond donors (Lipinski definition) is 4. The van der Waals surface area contributed by atoms with Gasteiger partial charge in [-0.15, -0.1) is 0 Å². The molecule has 1 aliphatic heterocycles. The minimum Gasteiger partial charge on any atom is -0.378 e. The van der Waals surface area contributed by atoms with E-state index in [4.69, 9.17) is 0 Å². The number of nitrogens with one attached hydrogen (secondary N) is 4. The molecule has 3 rings (SSSR count). The average molecular weight is 430 g/mol. The van der Waals surface area contributed by atoms with Gasteiger partial charge >= 0.3 is 11.8 Å². The quantitative estimate of drug-likeness (QED) is 0.450. The smallest absolute Gasteiger partial charge is 0.313 e. The molecule has 8 heteroatoms. The number of carbonyl (C=O) groups excluding carboxylic acids is 2. The van der Waals surface area contributed by atoms with Crippen LogP contribution in [-0.2, 0) is 9.59 Å². The maximum Gasteiger partial charge on any atom is 0.313 e. The van der Waals surface area contributed by atoms with Gasteiger partial charge in [-0.25, -0.2) is 4.39 Å². The van der Waals surface area contributed by atoms with Gasteiger partial charge in [0.05, 0.1) is 19.3 Å². The molecule has 1 atom stereocenters. The van der Waals surface area contributed by atoms with Gasteiger partial charge in [0.2, 0.25) is 0 Å². The molecule has 166 valence electrons. The van der Waals surface area contributed by atoms with Crippen molar-refractivity contribution in [1.82, 2.24) is 5.32 Å². The maximum absolute atomic E-state index is 13.8. The third kappa shape index (κ3) is 6.02. The number of rotatable bonds is 6. The SMILES string of the molecule is CN(C)c1ccc([C@H](CNC(=O)C(=O)Nc2ccccc2F)[NH+]2CC[NH+](C)CC2)cc1. The Hall–Kier alpha value is -2.97. The first kappa shape index (κ1) is 22.7. The molecule has 2 aromatic carbocycles. The molecular weight excluding hydrogens is 397 g/mol. The molecule has 1 fully saturated rings. The van der Waals surface area contributed by atoms with Crippen molar-refractivity contribution in [3.63, 3.8) is 0 Å². The monoisotopic (exact) mass is 429 g/mol. The lowest BCUT2D eigenvalue weighted by atomic mass is 10.0. The second kappa shape index (κ2) is 10.4. The van der Waals surface area contributed by atoms with Crippen molar-refractivity contribution >= 4 is 23.2 Å². The van der Waals surface area contributed by atoms with Crippen LogP contribution in [0.2, 0.25) is 0 Å². The van der Waals surface area contributed by atoms with Crippen LogP contribution in [-0.4, -0.2) is 65.7 Å². The zero-order chi connectivity index (χ0) is 22.4. The van der Waals surface area contributed by atoms with Crippen molar-refractivity contribution in [3.05, 3.63) is 59.9 Å². The number of para-hydroxylation sites is 1. The Bertz CT molecular complexity index is 895. The van der Waals surface area contributed by atoms with Crippen molar-refractivity contribution in [2.75, 3.05) is 64.1 Å². The number of amides is 2. The molecule has 0 unspecified atom stereocenters. The molecular formula is C23H32FN5O2+2. The van der Waals surface area contributed by atoms with E-state index in [1.165, 1.54) is 28.0 Å². The zero-order valence-electron chi connectivity index (χ0n) is 18.4. The van der Waals surface area contributed by atoms with Crippen LogP contribution in [0, 0.1) is 5.82 Å². The number of halogens is 1. The average Bonchev–Trinajstić information content (AvgIpc) is 2.76. The van der Waals surface area contributed by atoms with E-state index < -0.39 is 17.6 Å². The van der Waals surface area contributed by atoms with Gasteiger partial charge in [0, 0.05) is 25.3 Å². The minimum absolute atomic E-state index is 0.00820. The Kier molecular flexibility index (Phi) is 7.59. The van der Waals surface area contributed by atoms with Crippen LogP contribution in [0.5, 0.6) is 0 Å². The van der Waals surface area contributed by atoms with E-state index in [1.54, 1.807) is 6.07 Å². The predicted molar refractivity (Wildman–Crippen MR) is 119 cm³/mol. The minimum atomic E-state index is -0.871. The Balaban J connectivity index is 1.68. The fourth-order valence-corrected chi connectivity index (χ4v) is 3.87. The summed E-state index contributed by atoms with van der Waals surface area (Å²) in [5.74, 6) is -2.21. The number of hydrogen-bond acceptors (Lipinski definition) is 3. The number of carbonyl (C=O) groups is 2. The summed E-state index contributed by atoms with van der Waals surface area (Å²) in [7, 11) is 6.18. The third-order valence-electron chi connectivity index (χ3n) is 5.85. The highest BCUT2D eigenvalue weighted by atomic mass is 19.1. The van der Waals surface area contributed by atoms with E-state index in [-0.39, 0.29) is 11.7 Å². The van der Waals surface area contributed by atoms with Crippen molar-refractivity contribution in [3.8, 4) is 0 Å². The first-order valence-corrected chi connectivity index (χ1v) is 10.6. The summed E-state index contributed by atoms with van der Waals surface area (Å²) in [6.45, 7) is 4.43. The molecule has 1 heterocycles. The number of likely N-dealkylation sites (N-methyl/N-ethyl adjacent to an activating group) is 1. The molecule has 0 spiro atoms. The van der Waals surface area contributed by atoms with Crippen molar-refractivity contribution in [1.29, 1.82) is 0 Å². The fraction of sp³-hybridized carbons (Fsp3) is 0.391. The van der Waals surface area contributed by atoms with Gasteiger partial charge in [0.1, 0.15) is 38.0 Å². The van der Waals surface area contributed by atoms with E-state index >= 15 is 0 Å². The summed E-state index contributed by atoms with van der Waals surface area (Å²) in [4.78, 5) is 29.6.